The van der Waals surface area contributed by atoms with Gasteiger partial charge in [-0.25, -0.2) is 14.0 Å². The quantitative estimate of drug-likeness (QED) is 0.166. The molecule has 0 saturated carbocycles. The molecule has 5 aromatic rings. The average molecular weight is 660 g/mol. The predicted molar refractivity (Wildman–Crippen MR) is 182 cm³/mol. The summed E-state index contributed by atoms with van der Waals surface area (Å²) in [7, 11) is -3.86. The number of nitrogens with zero attached hydrogens (tertiary/aromatic N) is 3. The summed E-state index contributed by atoms with van der Waals surface area (Å²) in [5.41, 5.74) is 7.67. The first kappa shape index (κ1) is 30.8. The van der Waals surface area contributed by atoms with Crippen molar-refractivity contribution in [2.45, 2.75) is 39.2 Å². The maximum absolute atomic E-state index is 12.3. The summed E-state index contributed by atoms with van der Waals surface area (Å²) in [6.07, 6.45) is 4.82. The van der Waals surface area contributed by atoms with Crippen LogP contribution in [0.1, 0.15) is 48.7 Å². The van der Waals surface area contributed by atoms with E-state index in [-0.39, 0.29) is 0 Å². The van der Waals surface area contributed by atoms with Crippen molar-refractivity contribution in [3.8, 4) is 22.4 Å². The van der Waals surface area contributed by atoms with Gasteiger partial charge in [-0.15, -0.1) is 0 Å². The van der Waals surface area contributed by atoms with Gasteiger partial charge < -0.3 is 9.67 Å². The molecule has 2 heterocycles. The van der Waals surface area contributed by atoms with E-state index in [0.717, 1.165) is 50.7 Å². The second kappa shape index (κ2) is 12.6. The highest BCUT2D eigenvalue weighted by atomic mass is 35.5. The molecule has 0 bridgehead atoms. The van der Waals surface area contributed by atoms with Gasteiger partial charge >= 0.3 is 10.2 Å². The minimum absolute atomic E-state index is 0.407. The third-order valence-corrected chi connectivity index (χ3v) is 9.93. The Bertz CT molecular complexity index is 1970. The van der Waals surface area contributed by atoms with E-state index in [1.807, 2.05) is 24.4 Å². The van der Waals surface area contributed by atoms with E-state index in [2.05, 4.69) is 71.7 Å². The molecule has 1 aliphatic rings. The van der Waals surface area contributed by atoms with Crippen molar-refractivity contribution in [2.24, 2.45) is 0 Å². The summed E-state index contributed by atoms with van der Waals surface area (Å²) < 4.78 is 29.7. The topological polar surface area (TPSA) is 87.5 Å². The number of anilines is 1. The molecule has 230 valence electrons. The number of aromatic nitrogens is 2. The summed E-state index contributed by atoms with van der Waals surface area (Å²) in [6.45, 7) is 4.95. The highest BCUT2D eigenvalue weighted by Gasteiger charge is 2.28. The van der Waals surface area contributed by atoms with Crippen molar-refractivity contribution in [2.75, 3.05) is 4.31 Å². The Balaban J connectivity index is 1.27. The Morgan fingerprint density at radius 1 is 0.889 bits per heavy atom. The third-order valence-electron chi connectivity index (χ3n) is 8.08. The fraction of sp³-hybridized carbons (Fsp3) is 0.171. The van der Waals surface area contributed by atoms with Crippen molar-refractivity contribution in [3.05, 3.63) is 142 Å². The molecule has 2 N–H and O–H groups in total. The molecular weight excluding hydrogens is 627 g/mol. The summed E-state index contributed by atoms with van der Waals surface area (Å²) in [4.78, 5) is 4.99. The SMILES string of the molecule is CCC(C)c1ccc(-c2ccc(Cc3nc(-c4ccc(Cl)cc4Cl)cn3Cc3ccc(N4C=C(O)NS4(=O)=O)cc3)cc2)cc1. The minimum atomic E-state index is -3.86. The Hall–Kier alpha value is -4.24. The molecule has 7 nitrogen and oxygen atoms in total. The normalized spacial score (nSPS) is 14.7. The van der Waals surface area contributed by atoms with Crippen molar-refractivity contribution in [3.63, 3.8) is 0 Å². The maximum Gasteiger partial charge on any atom is 0.330 e. The van der Waals surface area contributed by atoms with Crippen molar-refractivity contribution in [1.82, 2.24) is 14.3 Å². The fourth-order valence-corrected chi connectivity index (χ4v) is 6.90. The lowest BCUT2D eigenvalue weighted by molar-refractivity contribution is 0.392. The zero-order valence-corrected chi connectivity index (χ0v) is 27.1. The van der Waals surface area contributed by atoms with Crippen LogP contribution in [0.3, 0.4) is 0 Å². The van der Waals surface area contributed by atoms with E-state index in [0.29, 0.717) is 34.6 Å². The predicted octanol–water partition coefficient (Wildman–Crippen LogP) is 8.69. The Kier molecular flexibility index (Phi) is 8.64. The summed E-state index contributed by atoms with van der Waals surface area (Å²) >= 11 is 12.7. The van der Waals surface area contributed by atoms with Crippen LogP contribution >= 0.6 is 23.2 Å². The van der Waals surface area contributed by atoms with Crippen LogP contribution < -0.4 is 9.03 Å². The van der Waals surface area contributed by atoms with Crippen LogP contribution in [0.5, 0.6) is 0 Å². The van der Waals surface area contributed by atoms with Crippen molar-refractivity contribution < 1.29 is 13.5 Å². The molecule has 45 heavy (non-hydrogen) atoms. The molecule has 0 radical (unpaired) electrons. The second-order valence-electron chi connectivity index (χ2n) is 11.2. The zero-order valence-electron chi connectivity index (χ0n) is 24.8. The number of hydrogen-bond acceptors (Lipinski definition) is 4. The number of halogens is 2. The van der Waals surface area contributed by atoms with E-state index < -0.39 is 16.1 Å². The number of hydrogen-bond donors (Lipinski definition) is 2. The molecule has 1 unspecified atom stereocenters. The average Bonchev–Trinajstić information content (AvgIpc) is 3.54. The van der Waals surface area contributed by atoms with E-state index in [1.165, 1.54) is 11.1 Å². The zero-order chi connectivity index (χ0) is 31.7. The number of aliphatic hydroxyl groups is 1. The molecule has 0 fully saturated rings. The minimum Gasteiger partial charge on any atom is -0.493 e. The lowest BCUT2D eigenvalue weighted by Crippen LogP contribution is -2.29. The van der Waals surface area contributed by atoms with Crippen LogP contribution in [0.2, 0.25) is 10.0 Å². The molecule has 0 amide bonds. The molecule has 0 aliphatic carbocycles. The molecule has 1 atom stereocenters. The maximum atomic E-state index is 12.3. The molecule has 1 aliphatic heterocycles. The van der Waals surface area contributed by atoms with Gasteiger partial charge in [-0.05, 0) is 70.5 Å². The van der Waals surface area contributed by atoms with Crippen LogP contribution in [-0.2, 0) is 23.2 Å². The van der Waals surface area contributed by atoms with Crippen molar-refractivity contribution in [1.29, 1.82) is 0 Å². The Labute approximate surface area is 273 Å². The lowest BCUT2D eigenvalue weighted by atomic mass is 9.95. The van der Waals surface area contributed by atoms with E-state index in [4.69, 9.17) is 28.2 Å². The first-order valence-corrected chi connectivity index (χ1v) is 16.8. The first-order valence-electron chi connectivity index (χ1n) is 14.6. The number of benzene rings is 4. The van der Waals surface area contributed by atoms with Crippen LogP contribution in [-0.4, -0.2) is 23.1 Å². The van der Waals surface area contributed by atoms with Gasteiger partial charge in [0.1, 0.15) is 5.82 Å². The largest absolute Gasteiger partial charge is 0.493 e. The molecule has 10 heteroatoms. The molecule has 0 spiro atoms. The number of aliphatic hydroxyl groups excluding tert-OH is 1. The highest BCUT2D eigenvalue weighted by Crippen LogP contribution is 2.31. The van der Waals surface area contributed by atoms with Crippen LogP contribution in [0.4, 0.5) is 5.69 Å². The van der Waals surface area contributed by atoms with Crippen LogP contribution in [0, 0.1) is 0 Å². The standard InChI is InChI=1S/C35H32Cl2N4O3S/c1-3-23(2)26-10-12-28(13-11-26)27-8-4-24(5-9-27)18-34-38-33(31-17-14-29(36)19-32(31)37)21-40(34)20-25-6-15-30(16-7-25)41-22-35(42)39-45(41,43)44/h4-17,19,21-23,39,42H,3,18,20H2,1-2H3. The van der Waals surface area contributed by atoms with Crippen LogP contribution in [0.25, 0.3) is 22.4 Å². The van der Waals surface area contributed by atoms with Gasteiger partial charge in [-0.3, -0.25) is 0 Å². The summed E-state index contributed by atoms with van der Waals surface area (Å²) in [5, 5.41) is 10.7. The summed E-state index contributed by atoms with van der Waals surface area (Å²) in [6, 6.07) is 29.8. The van der Waals surface area contributed by atoms with Gasteiger partial charge in [0.2, 0.25) is 5.88 Å². The summed E-state index contributed by atoms with van der Waals surface area (Å²) in [5.74, 6) is 0.967. The molecule has 4 aromatic carbocycles. The van der Waals surface area contributed by atoms with Crippen molar-refractivity contribution >= 4 is 39.1 Å². The van der Waals surface area contributed by atoms with E-state index >= 15 is 0 Å². The fourth-order valence-electron chi connectivity index (χ4n) is 5.34. The van der Waals surface area contributed by atoms with Crippen LogP contribution in [0.15, 0.2) is 109 Å². The van der Waals surface area contributed by atoms with Gasteiger partial charge in [0, 0.05) is 29.7 Å². The highest BCUT2D eigenvalue weighted by molar-refractivity contribution is 7.91. The van der Waals surface area contributed by atoms with Gasteiger partial charge in [-0.2, -0.15) is 8.42 Å². The van der Waals surface area contributed by atoms with E-state index in [1.54, 1.807) is 24.3 Å². The Morgan fingerprint density at radius 2 is 1.53 bits per heavy atom. The molecule has 6 rings (SSSR count). The smallest absolute Gasteiger partial charge is 0.330 e. The van der Waals surface area contributed by atoms with E-state index in [9.17, 15) is 13.5 Å². The lowest BCUT2D eigenvalue weighted by Gasteiger charge is -2.15. The molecular formula is C35H32Cl2N4O3S. The number of nitrogens with one attached hydrogen (secondary N) is 1. The van der Waals surface area contributed by atoms with Gasteiger partial charge in [-0.1, -0.05) is 97.7 Å². The van der Waals surface area contributed by atoms with Gasteiger partial charge in [0.05, 0.1) is 22.6 Å². The monoisotopic (exact) mass is 658 g/mol. The second-order valence-corrected chi connectivity index (χ2v) is 13.6. The number of imidazole rings is 1. The van der Waals surface area contributed by atoms with Gasteiger partial charge in [0.15, 0.2) is 0 Å². The molecule has 0 saturated heterocycles. The van der Waals surface area contributed by atoms with Gasteiger partial charge in [0.25, 0.3) is 0 Å². The molecule has 1 aromatic heterocycles. The third kappa shape index (κ3) is 6.73. The number of rotatable bonds is 9. The first-order chi connectivity index (χ1) is 21.6. The Morgan fingerprint density at radius 3 is 2.13 bits per heavy atom.